The molecule has 9 heteroatoms. The van der Waals surface area contributed by atoms with Gasteiger partial charge in [-0.2, -0.15) is 21.4 Å². The molecule has 3 N–H and O–H groups in total. The molecule has 4 aromatic heterocycles. The van der Waals surface area contributed by atoms with Crippen molar-refractivity contribution in [3.8, 4) is 0 Å². The first-order valence-corrected chi connectivity index (χ1v) is 9.10. The first-order valence-electron chi connectivity index (χ1n) is 8.16. The molecule has 0 unspecified atom stereocenters. The molecule has 8 nitrogen and oxygen atoms in total. The molecule has 4 rings (SSSR count). The van der Waals surface area contributed by atoms with Crippen molar-refractivity contribution in [2.24, 2.45) is 0 Å². The van der Waals surface area contributed by atoms with E-state index in [1.807, 2.05) is 12.3 Å². The number of thiophene rings is 1. The lowest BCUT2D eigenvalue weighted by molar-refractivity contribution is -0.0482. The van der Waals surface area contributed by atoms with Gasteiger partial charge in [0, 0.05) is 43.5 Å². The summed E-state index contributed by atoms with van der Waals surface area (Å²) in [6, 6.07) is 4.11. The maximum absolute atomic E-state index is 8.93. The second kappa shape index (κ2) is 7.24. The molecule has 0 aliphatic rings. The fourth-order valence-electron chi connectivity index (χ4n) is 2.67. The van der Waals surface area contributed by atoms with Crippen molar-refractivity contribution >= 4 is 34.0 Å². The molecule has 0 aliphatic carbocycles. The van der Waals surface area contributed by atoms with Crippen LogP contribution < -0.4 is 5.32 Å². The quantitative estimate of drug-likeness (QED) is 0.431. The van der Waals surface area contributed by atoms with Crippen LogP contribution in [0, 0.1) is 0 Å². The maximum atomic E-state index is 8.93. The van der Waals surface area contributed by atoms with Gasteiger partial charge in [0.1, 0.15) is 5.65 Å². The summed E-state index contributed by atoms with van der Waals surface area (Å²) in [4.78, 5) is 8.97. The minimum Gasteiger partial charge on any atom is -0.368 e. The van der Waals surface area contributed by atoms with E-state index in [1.165, 1.54) is 5.56 Å². The molecule has 4 heterocycles. The molecule has 0 radical (unpaired) electrons. The molecule has 0 spiro atoms. The van der Waals surface area contributed by atoms with Crippen molar-refractivity contribution in [2.75, 3.05) is 5.32 Å². The van der Waals surface area contributed by atoms with Gasteiger partial charge in [-0.1, -0.05) is 0 Å². The number of nitrogens with zero attached hydrogens (tertiary/aromatic N) is 5. The Labute approximate surface area is 153 Å². The number of rotatable bonds is 7. The number of nitrogens with one attached hydrogen (secondary N) is 1. The van der Waals surface area contributed by atoms with Crippen LogP contribution in [-0.2, 0) is 13.1 Å². The van der Waals surface area contributed by atoms with Gasteiger partial charge in [0.2, 0.25) is 5.95 Å². The SMILES string of the molecule is OC(O)CCn1cc(Nc2ncc3ccn(Cc4ccsc4)c3n2)cn1. The predicted molar refractivity (Wildman–Crippen MR) is 99.3 cm³/mol. The third kappa shape index (κ3) is 3.74. The Morgan fingerprint density at radius 3 is 2.96 bits per heavy atom. The lowest BCUT2D eigenvalue weighted by Crippen LogP contribution is -2.09. The third-order valence-corrected chi connectivity index (χ3v) is 4.67. The highest BCUT2D eigenvalue weighted by molar-refractivity contribution is 7.07. The lowest BCUT2D eigenvalue weighted by Gasteiger charge is -2.05. The molecule has 0 saturated carbocycles. The van der Waals surface area contributed by atoms with Crippen LogP contribution in [0.1, 0.15) is 12.0 Å². The number of aromatic nitrogens is 5. The van der Waals surface area contributed by atoms with E-state index in [9.17, 15) is 0 Å². The van der Waals surface area contributed by atoms with Gasteiger partial charge in [-0.25, -0.2) is 4.98 Å². The summed E-state index contributed by atoms with van der Waals surface area (Å²) in [5.41, 5.74) is 2.85. The van der Waals surface area contributed by atoms with Gasteiger partial charge in [-0.15, -0.1) is 0 Å². The van der Waals surface area contributed by atoms with Gasteiger partial charge in [-0.3, -0.25) is 4.68 Å². The van der Waals surface area contributed by atoms with Crippen molar-refractivity contribution in [3.05, 3.63) is 53.2 Å². The molecule has 0 fully saturated rings. The zero-order valence-corrected chi connectivity index (χ0v) is 14.7. The number of aliphatic hydroxyl groups excluding tert-OH is 1. The summed E-state index contributed by atoms with van der Waals surface area (Å²) < 4.78 is 3.73. The van der Waals surface area contributed by atoms with Gasteiger partial charge >= 0.3 is 0 Å². The molecular formula is C17H18N6O2S. The van der Waals surface area contributed by atoms with E-state index < -0.39 is 6.29 Å². The van der Waals surface area contributed by atoms with E-state index in [2.05, 4.69) is 41.8 Å². The second-order valence-corrected chi connectivity index (χ2v) is 6.71. The molecule has 26 heavy (non-hydrogen) atoms. The standard InChI is InChI=1S/C17H18N6O2S/c24-15(25)2-5-23-10-14(8-19-23)20-17-18-7-13-1-4-22(16(13)21-17)9-12-3-6-26-11-12/h1,3-4,6-8,10-11,15,24-25H,2,5,9H2,(H,18,20,21). The average Bonchev–Trinajstić information content (AvgIpc) is 3.36. The summed E-state index contributed by atoms with van der Waals surface area (Å²) in [6.07, 6.45) is 6.12. The summed E-state index contributed by atoms with van der Waals surface area (Å²) in [5.74, 6) is 0.490. The van der Waals surface area contributed by atoms with E-state index in [1.54, 1.807) is 34.6 Å². The van der Waals surface area contributed by atoms with Gasteiger partial charge in [0.05, 0.1) is 11.9 Å². The molecule has 0 saturated heterocycles. The lowest BCUT2D eigenvalue weighted by atomic mass is 10.3. The van der Waals surface area contributed by atoms with Crippen molar-refractivity contribution in [1.82, 2.24) is 24.3 Å². The zero-order valence-electron chi connectivity index (χ0n) is 13.9. The summed E-state index contributed by atoms with van der Waals surface area (Å²) in [5, 5.41) is 30.4. The molecule has 0 bridgehead atoms. The largest absolute Gasteiger partial charge is 0.368 e. The molecular weight excluding hydrogens is 352 g/mol. The highest BCUT2D eigenvalue weighted by Gasteiger charge is 2.08. The average molecular weight is 370 g/mol. The predicted octanol–water partition coefficient (Wildman–Crippen LogP) is 2.18. The van der Waals surface area contributed by atoms with Crippen LogP contribution in [-0.4, -0.2) is 40.8 Å². The molecule has 4 aromatic rings. The summed E-state index contributed by atoms with van der Waals surface area (Å²) >= 11 is 1.68. The topological polar surface area (TPSA) is 101 Å². The number of aryl methyl sites for hydroxylation is 1. The number of aliphatic hydroxyl groups is 2. The Morgan fingerprint density at radius 1 is 1.23 bits per heavy atom. The van der Waals surface area contributed by atoms with Crippen LogP contribution in [0.4, 0.5) is 11.6 Å². The van der Waals surface area contributed by atoms with Crippen LogP contribution >= 0.6 is 11.3 Å². The maximum Gasteiger partial charge on any atom is 0.229 e. The van der Waals surface area contributed by atoms with E-state index in [0.29, 0.717) is 12.5 Å². The van der Waals surface area contributed by atoms with E-state index in [4.69, 9.17) is 10.2 Å². The Bertz CT molecular complexity index is 992. The van der Waals surface area contributed by atoms with Gasteiger partial charge in [0.15, 0.2) is 6.29 Å². The number of hydrogen-bond donors (Lipinski definition) is 3. The monoisotopic (exact) mass is 370 g/mol. The Kier molecular flexibility index (Phi) is 4.65. The highest BCUT2D eigenvalue weighted by Crippen LogP contribution is 2.19. The van der Waals surface area contributed by atoms with E-state index >= 15 is 0 Å². The van der Waals surface area contributed by atoms with E-state index in [-0.39, 0.29) is 6.42 Å². The Morgan fingerprint density at radius 2 is 2.15 bits per heavy atom. The normalized spacial score (nSPS) is 11.5. The van der Waals surface area contributed by atoms with Crippen molar-refractivity contribution < 1.29 is 10.2 Å². The molecule has 0 atom stereocenters. The minimum absolute atomic E-state index is 0.222. The fraction of sp³-hybridized carbons (Fsp3) is 0.235. The summed E-state index contributed by atoms with van der Waals surface area (Å²) in [6.45, 7) is 1.19. The number of hydrogen-bond acceptors (Lipinski definition) is 7. The fourth-order valence-corrected chi connectivity index (χ4v) is 3.32. The number of anilines is 2. The van der Waals surface area contributed by atoms with Gasteiger partial charge in [0.25, 0.3) is 0 Å². The Balaban J connectivity index is 1.52. The Hall–Kier alpha value is -2.75. The van der Waals surface area contributed by atoms with Crippen LogP contribution in [0.15, 0.2) is 47.7 Å². The molecule has 0 amide bonds. The molecule has 0 aliphatic heterocycles. The van der Waals surface area contributed by atoms with Crippen LogP contribution in [0.3, 0.4) is 0 Å². The van der Waals surface area contributed by atoms with Crippen LogP contribution in [0.2, 0.25) is 0 Å². The zero-order chi connectivity index (χ0) is 17.9. The van der Waals surface area contributed by atoms with E-state index in [0.717, 1.165) is 23.3 Å². The number of fused-ring (bicyclic) bond motifs is 1. The van der Waals surface area contributed by atoms with Crippen LogP contribution in [0.25, 0.3) is 11.0 Å². The van der Waals surface area contributed by atoms with Crippen molar-refractivity contribution in [2.45, 2.75) is 25.8 Å². The van der Waals surface area contributed by atoms with Gasteiger partial charge < -0.3 is 20.1 Å². The summed E-state index contributed by atoms with van der Waals surface area (Å²) in [7, 11) is 0. The third-order valence-electron chi connectivity index (χ3n) is 3.94. The van der Waals surface area contributed by atoms with Crippen LogP contribution in [0.5, 0.6) is 0 Å². The first kappa shape index (κ1) is 16.7. The second-order valence-electron chi connectivity index (χ2n) is 5.93. The van der Waals surface area contributed by atoms with Crippen molar-refractivity contribution in [3.63, 3.8) is 0 Å². The minimum atomic E-state index is -1.34. The highest BCUT2D eigenvalue weighted by atomic mass is 32.1. The first-order chi connectivity index (χ1) is 12.7. The van der Waals surface area contributed by atoms with Gasteiger partial charge in [-0.05, 0) is 28.5 Å². The smallest absolute Gasteiger partial charge is 0.229 e. The molecule has 134 valence electrons. The molecule has 0 aromatic carbocycles. The van der Waals surface area contributed by atoms with Crippen molar-refractivity contribution in [1.29, 1.82) is 0 Å².